The second kappa shape index (κ2) is 8.80. The minimum atomic E-state index is -0.248. The number of rotatable bonds is 5. The predicted octanol–water partition coefficient (Wildman–Crippen LogP) is 3.74. The highest BCUT2D eigenvalue weighted by Crippen LogP contribution is 2.25. The molecule has 0 radical (unpaired) electrons. The Kier molecular flexibility index (Phi) is 5.56. The van der Waals surface area contributed by atoms with Gasteiger partial charge in [0.2, 0.25) is 5.91 Å². The van der Waals surface area contributed by atoms with Gasteiger partial charge in [-0.1, -0.05) is 24.3 Å². The number of pyridine rings is 2. The standard InChI is InChI=1S/C25H25N5O2/c26-24-10-8-18(15-28-24)20-6-3-7-22(29-20)23-16-30(12-13-32-23)25(31)11-9-17-14-27-21-5-2-1-4-19(17)21/h1-8,10,14-15,23,27H,9,11-13,16H2,(H2,26,28). The Morgan fingerprint density at radius 1 is 1.16 bits per heavy atom. The fourth-order valence-corrected chi connectivity index (χ4v) is 4.14. The van der Waals surface area contributed by atoms with Crippen LogP contribution in [0.1, 0.15) is 23.8 Å². The van der Waals surface area contributed by atoms with Gasteiger partial charge < -0.3 is 20.4 Å². The average Bonchev–Trinajstić information content (AvgIpc) is 3.26. The highest BCUT2D eigenvalue weighted by Gasteiger charge is 2.26. The summed E-state index contributed by atoms with van der Waals surface area (Å²) in [4.78, 5) is 27.0. The van der Waals surface area contributed by atoms with E-state index in [0.29, 0.717) is 38.4 Å². The molecule has 1 amide bonds. The number of amides is 1. The number of aryl methyl sites for hydroxylation is 1. The number of nitrogens with zero attached hydrogens (tertiary/aromatic N) is 3. The number of hydrogen-bond acceptors (Lipinski definition) is 5. The number of anilines is 1. The van der Waals surface area contributed by atoms with Crippen molar-refractivity contribution < 1.29 is 9.53 Å². The summed E-state index contributed by atoms with van der Waals surface area (Å²) in [5, 5.41) is 1.18. The summed E-state index contributed by atoms with van der Waals surface area (Å²) < 4.78 is 5.97. The van der Waals surface area contributed by atoms with Gasteiger partial charge in [-0.05, 0) is 42.3 Å². The van der Waals surface area contributed by atoms with Crippen LogP contribution in [0.3, 0.4) is 0 Å². The minimum Gasteiger partial charge on any atom is -0.384 e. The third-order valence-corrected chi connectivity index (χ3v) is 5.88. The van der Waals surface area contributed by atoms with Gasteiger partial charge in [-0.2, -0.15) is 0 Å². The van der Waals surface area contributed by atoms with Crippen LogP contribution in [0.4, 0.5) is 5.82 Å². The molecule has 4 aromatic rings. The molecular weight excluding hydrogens is 402 g/mol. The van der Waals surface area contributed by atoms with Crippen LogP contribution < -0.4 is 5.73 Å². The molecule has 32 heavy (non-hydrogen) atoms. The molecule has 3 N–H and O–H groups in total. The van der Waals surface area contributed by atoms with Crippen LogP contribution in [0.15, 0.2) is 67.0 Å². The molecule has 5 rings (SSSR count). The van der Waals surface area contributed by atoms with Gasteiger partial charge in [0.1, 0.15) is 11.9 Å². The monoisotopic (exact) mass is 427 g/mol. The SMILES string of the molecule is Nc1ccc(-c2cccc(C3CN(C(=O)CCc4c[nH]c5ccccc45)CCO3)n2)cn1. The number of ether oxygens (including phenoxy) is 1. The molecule has 0 saturated carbocycles. The van der Waals surface area contributed by atoms with E-state index in [2.05, 4.69) is 22.1 Å². The van der Waals surface area contributed by atoms with E-state index in [0.717, 1.165) is 22.5 Å². The molecule has 1 aliphatic rings. The number of benzene rings is 1. The van der Waals surface area contributed by atoms with Crippen LogP contribution in [0.25, 0.3) is 22.2 Å². The van der Waals surface area contributed by atoms with Gasteiger partial charge >= 0.3 is 0 Å². The molecule has 7 heteroatoms. The van der Waals surface area contributed by atoms with Gasteiger partial charge in [0, 0.05) is 41.8 Å². The fourth-order valence-electron chi connectivity index (χ4n) is 4.14. The molecule has 162 valence electrons. The molecule has 4 heterocycles. The molecule has 1 aliphatic heterocycles. The van der Waals surface area contributed by atoms with Crippen molar-refractivity contribution in [1.29, 1.82) is 0 Å². The Balaban J connectivity index is 1.25. The lowest BCUT2D eigenvalue weighted by atomic mass is 10.1. The first-order chi connectivity index (χ1) is 15.7. The van der Waals surface area contributed by atoms with E-state index in [9.17, 15) is 4.79 Å². The number of carbonyl (C=O) groups excluding carboxylic acids is 1. The number of H-pyrrole nitrogens is 1. The van der Waals surface area contributed by atoms with Gasteiger partial charge in [-0.3, -0.25) is 4.79 Å². The van der Waals surface area contributed by atoms with Crippen LogP contribution in [0.5, 0.6) is 0 Å². The van der Waals surface area contributed by atoms with E-state index in [1.807, 2.05) is 47.5 Å². The van der Waals surface area contributed by atoms with Crippen LogP contribution in [0.2, 0.25) is 0 Å². The zero-order chi connectivity index (χ0) is 21.9. The normalized spacial score (nSPS) is 16.4. The smallest absolute Gasteiger partial charge is 0.223 e. The Hall–Kier alpha value is -3.71. The largest absolute Gasteiger partial charge is 0.384 e. The molecule has 7 nitrogen and oxygen atoms in total. The number of nitrogens with two attached hydrogens (primary N) is 1. The second-order valence-electron chi connectivity index (χ2n) is 7.98. The van der Waals surface area contributed by atoms with Gasteiger partial charge in [0.25, 0.3) is 0 Å². The van der Waals surface area contributed by atoms with Gasteiger partial charge in [0.05, 0.1) is 24.5 Å². The summed E-state index contributed by atoms with van der Waals surface area (Å²) >= 11 is 0. The van der Waals surface area contributed by atoms with E-state index in [4.69, 9.17) is 15.5 Å². The number of nitrogen functional groups attached to an aromatic ring is 1. The van der Waals surface area contributed by atoms with E-state index in [-0.39, 0.29) is 12.0 Å². The quantitative estimate of drug-likeness (QED) is 0.506. The predicted molar refractivity (Wildman–Crippen MR) is 124 cm³/mol. The van der Waals surface area contributed by atoms with Crippen LogP contribution in [-0.4, -0.2) is 45.5 Å². The molecule has 3 aromatic heterocycles. The van der Waals surface area contributed by atoms with Crippen LogP contribution in [0, 0.1) is 0 Å². The van der Waals surface area contributed by atoms with Gasteiger partial charge in [-0.15, -0.1) is 0 Å². The third kappa shape index (κ3) is 4.20. The van der Waals surface area contributed by atoms with E-state index < -0.39 is 0 Å². The lowest BCUT2D eigenvalue weighted by Gasteiger charge is -2.33. The summed E-state index contributed by atoms with van der Waals surface area (Å²) in [5.41, 5.74) is 10.5. The number of para-hydroxylation sites is 1. The topological polar surface area (TPSA) is 97.1 Å². The van der Waals surface area contributed by atoms with E-state index >= 15 is 0 Å². The molecule has 0 bridgehead atoms. The maximum Gasteiger partial charge on any atom is 0.223 e. The lowest BCUT2D eigenvalue weighted by Crippen LogP contribution is -2.42. The highest BCUT2D eigenvalue weighted by atomic mass is 16.5. The number of carbonyl (C=O) groups is 1. The molecule has 0 spiro atoms. The van der Waals surface area contributed by atoms with Crippen LogP contribution >= 0.6 is 0 Å². The zero-order valence-corrected chi connectivity index (χ0v) is 17.7. The Morgan fingerprint density at radius 3 is 2.94 bits per heavy atom. The van der Waals surface area contributed by atoms with E-state index in [1.165, 1.54) is 10.9 Å². The first kappa shape index (κ1) is 20.2. The number of fused-ring (bicyclic) bond motifs is 1. The maximum absolute atomic E-state index is 12.9. The first-order valence-corrected chi connectivity index (χ1v) is 10.8. The van der Waals surface area contributed by atoms with Crippen molar-refractivity contribution in [3.63, 3.8) is 0 Å². The summed E-state index contributed by atoms with van der Waals surface area (Å²) in [6.45, 7) is 1.60. The molecule has 1 unspecified atom stereocenters. The number of aromatic nitrogens is 3. The second-order valence-corrected chi connectivity index (χ2v) is 7.98. The van der Waals surface area contributed by atoms with Crippen molar-refractivity contribution in [2.24, 2.45) is 0 Å². The number of hydrogen-bond donors (Lipinski definition) is 2. The summed E-state index contributed by atoms with van der Waals surface area (Å²) in [6, 6.07) is 17.7. The molecule has 0 aliphatic carbocycles. The van der Waals surface area contributed by atoms with Crippen molar-refractivity contribution in [3.05, 3.63) is 78.2 Å². The maximum atomic E-state index is 12.9. The van der Waals surface area contributed by atoms with Crippen molar-refractivity contribution >= 4 is 22.6 Å². The fraction of sp³-hybridized carbons (Fsp3) is 0.240. The van der Waals surface area contributed by atoms with Crippen molar-refractivity contribution in [1.82, 2.24) is 19.9 Å². The van der Waals surface area contributed by atoms with Crippen LogP contribution in [-0.2, 0) is 16.0 Å². The Bertz CT molecular complexity index is 1230. The lowest BCUT2D eigenvalue weighted by molar-refractivity contribution is -0.139. The molecule has 1 saturated heterocycles. The number of morpholine rings is 1. The van der Waals surface area contributed by atoms with Gasteiger partial charge in [0.15, 0.2) is 0 Å². The first-order valence-electron chi connectivity index (χ1n) is 10.8. The van der Waals surface area contributed by atoms with Crippen molar-refractivity contribution in [2.75, 3.05) is 25.4 Å². The molecule has 1 fully saturated rings. The number of aromatic amines is 1. The summed E-state index contributed by atoms with van der Waals surface area (Å²) in [6.07, 6.45) is 4.65. The Morgan fingerprint density at radius 2 is 2.06 bits per heavy atom. The summed E-state index contributed by atoms with van der Waals surface area (Å²) in [5.74, 6) is 0.616. The van der Waals surface area contributed by atoms with Crippen molar-refractivity contribution in [3.8, 4) is 11.3 Å². The molecule has 1 aromatic carbocycles. The average molecular weight is 428 g/mol. The molecular formula is C25H25N5O2. The highest BCUT2D eigenvalue weighted by molar-refractivity contribution is 5.84. The van der Waals surface area contributed by atoms with Gasteiger partial charge in [-0.25, -0.2) is 9.97 Å². The third-order valence-electron chi connectivity index (χ3n) is 5.88. The zero-order valence-electron chi connectivity index (χ0n) is 17.7. The minimum absolute atomic E-state index is 0.141. The Labute approximate surface area is 186 Å². The summed E-state index contributed by atoms with van der Waals surface area (Å²) in [7, 11) is 0. The van der Waals surface area contributed by atoms with E-state index in [1.54, 1.807) is 12.3 Å². The number of nitrogens with one attached hydrogen (secondary N) is 1. The van der Waals surface area contributed by atoms with Crippen molar-refractivity contribution in [2.45, 2.75) is 18.9 Å². The molecule has 1 atom stereocenters.